The average molecular weight is 305 g/mol. The molecule has 1 unspecified atom stereocenters. The van der Waals surface area contributed by atoms with E-state index in [0.717, 1.165) is 13.0 Å². The predicted molar refractivity (Wildman–Crippen MR) is 71.8 cm³/mol. The first-order valence-corrected chi connectivity index (χ1v) is 7.55. The Morgan fingerprint density at radius 2 is 1.90 bits per heavy atom. The lowest BCUT2D eigenvalue weighted by molar-refractivity contribution is -0.182. The lowest BCUT2D eigenvalue weighted by atomic mass is 9.81. The molecular formula is C14H22F3N3O. The highest BCUT2D eigenvalue weighted by molar-refractivity contribution is 4.97. The van der Waals surface area contributed by atoms with Crippen molar-refractivity contribution in [1.29, 1.82) is 0 Å². The van der Waals surface area contributed by atoms with Crippen LogP contribution in [0.2, 0.25) is 0 Å². The molecule has 1 aliphatic carbocycles. The smallest absolute Gasteiger partial charge is 0.391 e. The van der Waals surface area contributed by atoms with Crippen molar-refractivity contribution in [2.45, 2.75) is 64.1 Å². The molecule has 0 saturated heterocycles. The Kier molecular flexibility index (Phi) is 5.24. The fourth-order valence-corrected chi connectivity index (χ4v) is 2.70. The van der Waals surface area contributed by atoms with Gasteiger partial charge in [0.2, 0.25) is 11.8 Å². The normalized spacial score (nSPS) is 25.0. The minimum atomic E-state index is -4.08. The van der Waals surface area contributed by atoms with E-state index in [2.05, 4.69) is 22.4 Å². The molecule has 1 atom stereocenters. The molecular weight excluding hydrogens is 283 g/mol. The van der Waals surface area contributed by atoms with Gasteiger partial charge in [0.05, 0.1) is 12.0 Å². The van der Waals surface area contributed by atoms with E-state index in [0.29, 0.717) is 24.6 Å². The number of nitrogens with one attached hydrogen (secondary N) is 1. The Balaban J connectivity index is 1.91. The minimum absolute atomic E-state index is 0.0299. The Hall–Kier alpha value is -1.11. The summed E-state index contributed by atoms with van der Waals surface area (Å²) in [6.45, 7) is 4.86. The summed E-state index contributed by atoms with van der Waals surface area (Å²) in [6, 6.07) is -0.0299. The van der Waals surface area contributed by atoms with Gasteiger partial charge in [-0.1, -0.05) is 6.92 Å². The first kappa shape index (κ1) is 16.3. The van der Waals surface area contributed by atoms with Crippen LogP contribution in [0.15, 0.2) is 4.42 Å². The van der Waals surface area contributed by atoms with Crippen molar-refractivity contribution in [2.24, 2.45) is 5.92 Å². The second-order valence-electron chi connectivity index (χ2n) is 5.74. The van der Waals surface area contributed by atoms with Crippen molar-refractivity contribution in [3.63, 3.8) is 0 Å². The van der Waals surface area contributed by atoms with Crippen LogP contribution in [0.25, 0.3) is 0 Å². The van der Waals surface area contributed by atoms with Gasteiger partial charge in [-0.25, -0.2) is 0 Å². The van der Waals surface area contributed by atoms with Crippen LogP contribution in [0.1, 0.15) is 69.7 Å². The van der Waals surface area contributed by atoms with E-state index in [-0.39, 0.29) is 24.8 Å². The predicted octanol–water partition coefficient (Wildman–Crippen LogP) is 3.97. The highest BCUT2D eigenvalue weighted by Crippen LogP contribution is 2.42. The SMILES string of the molecule is CCCNC(C)c1nnc(C2CCC(C(F)(F)F)CC2)o1. The summed E-state index contributed by atoms with van der Waals surface area (Å²) in [5.41, 5.74) is 0. The van der Waals surface area contributed by atoms with Gasteiger partial charge in [0.1, 0.15) is 0 Å². The van der Waals surface area contributed by atoms with Crippen molar-refractivity contribution in [3.8, 4) is 0 Å². The Bertz CT molecular complexity index is 439. The molecule has 0 spiro atoms. The zero-order valence-corrected chi connectivity index (χ0v) is 12.4. The summed E-state index contributed by atoms with van der Waals surface area (Å²) in [7, 11) is 0. The van der Waals surface area contributed by atoms with E-state index >= 15 is 0 Å². The number of aromatic nitrogens is 2. The molecule has 1 aromatic rings. The van der Waals surface area contributed by atoms with Crippen LogP contribution in [0.3, 0.4) is 0 Å². The third-order valence-corrected chi connectivity index (χ3v) is 4.07. The van der Waals surface area contributed by atoms with Crippen LogP contribution in [-0.2, 0) is 0 Å². The lowest BCUT2D eigenvalue weighted by Crippen LogP contribution is -2.27. The van der Waals surface area contributed by atoms with Gasteiger partial charge < -0.3 is 9.73 Å². The Labute approximate surface area is 122 Å². The lowest BCUT2D eigenvalue weighted by Gasteiger charge is -2.27. The van der Waals surface area contributed by atoms with Crippen molar-refractivity contribution < 1.29 is 17.6 Å². The molecule has 1 N–H and O–H groups in total. The molecule has 0 aromatic carbocycles. The molecule has 1 heterocycles. The number of halogens is 3. The van der Waals surface area contributed by atoms with Gasteiger partial charge in [-0.15, -0.1) is 10.2 Å². The first-order chi connectivity index (χ1) is 9.91. The minimum Gasteiger partial charge on any atom is -0.423 e. The standard InChI is InChI=1S/C14H22F3N3O/c1-3-8-18-9(2)12-19-20-13(21-12)10-4-6-11(7-5-10)14(15,16)17/h9-11,18H,3-8H2,1-2H3. The highest BCUT2D eigenvalue weighted by Gasteiger charge is 2.42. The topological polar surface area (TPSA) is 51.0 Å². The molecule has 21 heavy (non-hydrogen) atoms. The summed E-state index contributed by atoms with van der Waals surface area (Å²) in [6.07, 6.45) is -1.85. The van der Waals surface area contributed by atoms with Crippen LogP contribution in [0.5, 0.6) is 0 Å². The molecule has 1 aliphatic rings. The van der Waals surface area contributed by atoms with E-state index in [1.165, 1.54) is 0 Å². The molecule has 1 aromatic heterocycles. The molecule has 1 saturated carbocycles. The molecule has 0 amide bonds. The molecule has 0 radical (unpaired) electrons. The fourth-order valence-electron chi connectivity index (χ4n) is 2.70. The zero-order valence-electron chi connectivity index (χ0n) is 12.4. The molecule has 4 nitrogen and oxygen atoms in total. The number of nitrogens with zero attached hydrogens (tertiary/aromatic N) is 2. The van der Waals surface area contributed by atoms with Gasteiger partial charge in [0.25, 0.3) is 0 Å². The fraction of sp³-hybridized carbons (Fsp3) is 0.857. The van der Waals surface area contributed by atoms with Crippen LogP contribution in [0, 0.1) is 5.92 Å². The maximum absolute atomic E-state index is 12.6. The van der Waals surface area contributed by atoms with Crippen LogP contribution >= 0.6 is 0 Å². The summed E-state index contributed by atoms with van der Waals surface area (Å²) >= 11 is 0. The summed E-state index contributed by atoms with van der Waals surface area (Å²) in [4.78, 5) is 0. The van der Waals surface area contributed by atoms with Gasteiger partial charge >= 0.3 is 6.18 Å². The van der Waals surface area contributed by atoms with E-state index < -0.39 is 12.1 Å². The van der Waals surface area contributed by atoms with Gasteiger partial charge in [-0.3, -0.25) is 0 Å². The van der Waals surface area contributed by atoms with E-state index in [1.54, 1.807) is 0 Å². The highest BCUT2D eigenvalue weighted by atomic mass is 19.4. The van der Waals surface area contributed by atoms with Gasteiger partial charge in [-0.2, -0.15) is 13.2 Å². The third kappa shape index (κ3) is 4.18. The Morgan fingerprint density at radius 1 is 1.24 bits per heavy atom. The number of alkyl halides is 3. The maximum Gasteiger partial charge on any atom is 0.391 e. The van der Waals surface area contributed by atoms with E-state index in [4.69, 9.17) is 4.42 Å². The van der Waals surface area contributed by atoms with E-state index in [1.807, 2.05) is 6.92 Å². The van der Waals surface area contributed by atoms with Crippen molar-refractivity contribution in [1.82, 2.24) is 15.5 Å². The number of rotatable bonds is 5. The summed E-state index contributed by atoms with van der Waals surface area (Å²) in [5.74, 6) is -0.225. The summed E-state index contributed by atoms with van der Waals surface area (Å²) < 4.78 is 43.6. The Morgan fingerprint density at radius 3 is 2.48 bits per heavy atom. The first-order valence-electron chi connectivity index (χ1n) is 7.55. The summed E-state index contributed by atoms with van der Waals surface area (Å²) in [5, 5.41) is 11.3. The van der Waals surface area contributed by atoms with E-state index in [9.17, 15) is 13.2 Å². The second-order valence-corrected chi connectivity index (χ2v) is 5.74. The van der Waals surface area contributed by atoms with Gasteiger partial charge in [-0.05, 0) is 45.6 Å². The maximum atomic E-state index is 12.6. The average Bonchev–Trinajstić information content (AvgIpc) is 2.94. The molecule has 0 aliphatic heterocycles. The van der Waals surface area contributed by atoms with Gasteiger partial charge in [0.15, 0.2) is 0 Å². The van der Waals surface area contributed by atoms with Crippen LogP contribution in [0.4, 0.5) is 13.2 Å². The van der Waals surface area contributed by atoms with Crippen molar-refractivity contribution in [2.75, 3.05) is 6.54 Å². The largest absolute Gasteiger partial charge is 0.423 e. The second kappa shape index (κ2) is 6.77. The van der Waals surface area contributed by atoms with Crippen LogP contribution < -0.4 is 5.32 Å². The van der Waals surface area contributed by atoms with Gasteiger partial charge in [0, 0.05) is 5.92 Å². The molecule has 0 bridgehead atoms. The molecule has 2 rings (SSSR count). The zero-order chi connectivity index (χ0) is 15.5. The molecule has 1 fully saturated rings. The quantitative estimate of drug-likeness (QED) is 0.894. The molecule has 7 heteroatoms. The van der Waals surface area contributed by atoms with Crippen molar-refractivity contribution >= 4 is 0 Å². The van der Waals surface area contributed by atoms with Crippen LogP contribution in [-0.4, -0.2) is 22.9 Å². The number of hydrogen-bond donors (Lipinski definition) is 1. The monoisotopic (exact) mass is 305 g/mol. The molecule has 120 valence electrons. The third-order valence-electron chi connectivity index (χ3n) is 4.07. The number of hydrogen-bond acceptors (Lipinski definition) is 4. The van der Waals surface area contributed by atoms with Crippen molar-refractivity contribution in [3.05, 3.63) is 11.8 Å².